The summed E-state index contributed by atoms with van der Waals surface area (Å²) < 4.78 is 43.6. The molecule has 0 bridgehead atoms. The molecule has 0 spiro atoms. The molecule has 232 valence electrons. The van der Waals surface area contributed by atoms with Crippen LogP contribution in [0.4, 0.5) is 8.78 Å². The molecule has 0 saturated heterocycles. The monoisotopic (exact) mass is 634 g/mol. The van der Waals surface area contributed by atoms with Crippen LogP contribution in [0.1, 0.15) is 65.1 Å². The fourth-order valence-corrected chi connectivity index (χ4v) is 7.19. The van der Waals surface area contributed by atoms with Crippen LogP contribution in [0.2, 0.25) is 0 Å². The van der Waals surface area contributed by atoms with Gasteiger partial charge in [0.15, 0.2) is 11.5 Å². The van der Waals surface area contributed by atoms with Gasteiger partial charge in [0.05, 0.1) is 27.5 Å². The third-order valence-corrected chi connectivity index (χ3v) is 10.3. The number of benzene rings is 2. The molecule has 0 radical (unpaired) electrons. The van der Waals surface area contributed by atoms with Crippen molar-refractivity contribution in [2.24, 2.45) is 11.7 Å². The lowest BCUT2D eigenvalue weighted by Crippen LogP contribution is -2.44. The number of primary amides is 1. The molecule has 4 heterocycles. The molecule has 2 aliphatic heterocycles. The highest BCUT2D eigenvalue weighted by Crippen LogP contribution is 2.51. The number of hydrogen-bond acceptors (Lipinski definition) is 9. The molecule has 2 atom stereocenters. The van der Waals surface area contributed by atoms with Crippen molar-refractivity contribution in [2.75, 3.05) is 13.2 Å². The van der Waals surface area contributed by atoms with E-state index in [4.69, 9.17) is 15.5 Å². The molecule has 4 aromatic rings. The van der Waals surface area contributed by atoms with E-state index >= 15 is 0 Å². The highest BCUT2D eigenvalue weighted by Gasteiger charge is 2.50. The van der Waals surface area contributed by atoms with Gasteiger partial charge < -0.3 is 30.4 Å². The van der Waals surface area contributed by atoms with Crippen LogP contribution in [0.25, 0.3) is 21.5 Å². The van der Waals surface area contributed by atoms with Gasteiger partial charge >= 0.3 is 6.29 Å². The summed E-state index contributed by atoms with van der Waals surface area (Å²) in [4.78, 5) is 35.5. The Morgan fingerprint density at radius 2 is 1.87 bits per heavy atom. The molecule has 4 aliphatic rings. The number of amides is 2. The Morgan fingerprint density at radius 3 is 2.60 bits per heavy atom. The van der Waals surface area contributed by atoms with Crippen LogP contribution in [0, 0.1) is 5.92 Å². The molecular weight excluding hydrogens is 606 g/mol. The van der Waals surface area contributed by atoms with Gasteiger partial charge in [-0.05, 0) is 81.0 Å². The average molecular weight is 635 g/mol. The number of carbonyl (C=O) groups is 2. The number of rotatable bonds is 8. The third kappa shape index (κ3) is 4.67. The molecule has 10 nitrogen and oxygen atoms in total. The summed E-state index contributed by atoms with van der Waals surface area (Å²) in [5, 5.41) is 16.2. The predicted molar refractivity (Wildman–Crippen MR) is 158 cm³/mol. The fourth-order valence-electron chi connectivity index (χ4n) is 6.01. The summed E-state index contributed by atoms with van der Waals surface area (Å²) in [6.45, 7) is 1.41. The molecule has 4 N–H and O–H groups in total. The van der Waals surface area contributed by atoms with E-state index in [9.17, 15) is 23.5 Å². The zero-order valence-corrected chi connectivity index (χ0v) is 24.9. The summed E-state index contributed by atoms with van der Waals surface area (Å²) in [5.74, 6) is -0.798. The highest BCUT2D eigenvalue weighted by molar-refractivity contribution is 7.18. The number of nitrogens with two attached hydrogens (primary N) is 1. The molecule has 2 aliphatic carbocycles. The Balaban J connectivity index is 1.15. The quantitative estimate of drug-likeness (QED) is 0.253. The molecule has 2 saturated carbocycles. The molecule has 2 aromatic heterocycles. The summed E-state index contributed by atoms with van der Waals surface area (Å²) >= 11 is 1.60. The Morgan fingerprint density at radius 1 is 1.09 bits per heavy atom. The van der Waals surface area contributed by atoms with Gasteiger partial charge in [-0.15, -0.1) is 20.1 Å². The molecule has 2 amide bonds. The van der Waals surface area contributed by atoms with Crippen LogP contribution >= 0.6 is 11.3 Å². The van der Waals surface area contributed by atoms with Crippen molar-refractivity contribution in [3.8, 4) is 28.5 Å². The van der Waals surface area contributed by atoms with E-state index in [0.29, 0.717) is 35.4 Å². The van der Waals surface area contributed by atoms with Gasteiger partial charge in [-0.2, -0.15) is 0 Å². The Kier molecular flexibility index (Phi) is 5.98. The van der Waals surface area contributed by atoms with Crippen molar-refractivity contribution in [1.29, 1.82) is 0 Å². The van der Waals surface area contributed by atoms with Gasteiger partial charge in [0.25, 0.3) is 5.91 Å². The van der Waals surface area contributed by atoms with Crippen LogP contribution in [-0.2, 0) is 15.8 Å². The Labute approximate surface area is 259 Å². The molecule has 0 unspecified atom stereocenters. The molecule has 45 heavy (non-hydrogen) atoms. The average Bonchev–Trinajstić information content (AvgIpc) is 3.94. The zero-order valence-electron chi connectivity index (χ0n) is 24.1. The largest absolute Gasteiger partial charge is 0.586 e. The van der Waals surface area contributed by atoms with E-state index in [-0.39, 0.29) is 53.6 Å². The minimum Gasteiger partial charge on any atom is -0.489 e. The Hall–Kier alpha value is -4.36. The van der Waals surface area contributed by atoms with E-state index in [1.54, 1.807) is 30.4 Å². The number of alkyl halides is 2. The van der Waals surface area contributed by atoms with E-state index in [1.165, 1.54) is 18.2 Å². The van der Waals surface area contributed by atoms with Crippen molar-refractivity contribution in [3.05, 3.63) is 64.3 Å². The molecule has 2 aromatic carbocycles. The number of nitrogens with zero attached hydrogens (tertiary/aromatic N) is 2. The lowest BCUT2D eigenvalue weighted by molar-refractivity contribution is -0.286. The van der Waals surface area contributed by atoms with Crippen molar-refractivity contribution < 1.29 is 37.7 Å². The maximum Gasteiger partial charge on any atom is 0.586 e. The number of pyridine rings is 1. The zero-order chi connectivity index (χ0) is 31.3. The minimum atomic E-state index is -3.81. The predicted octanol–water partition coefficient (Wildman–Crippen LogP) is 4.72. The SMILES string of the molecule is C[C@]1(C(N)=O)COc2c1cc([C@@](O)(CNC(=O)c1ccc3nc(C4CC4)sc3c1)C1CC1)nc2-c1ccc2c(c1)OC(F)(F)O2. The van der Waals surface area contributed by atoms with Crippen LogP contribution < -0.4 is 25.3 Å². The summed E-state index contributed by atoms with van der Waals surface area (Å²) in [6, 6.07) is 11.2. The van der Waals surface area contributed by atoms with Crippen LogP contribution in [0.15, 0.2) is 42.5 Å². The normalized spacial score (nSPS) is 22.5. The van der Waals surface area contributed by atoms with E-state index in [0.717, 1.165) is 28.1 Å². The second-order valence-electron chi connectivity index (χ2n) is 12.4. The van der Waals surface area contributed by atoms with Gasteiger partial charge in [0.2, 0.25) is 5.91 Å². The number of carbonyl (C=O) groups excluding carboxylic acids is 2. The molecular formula is C32H28F2N4O6S. The highest BCUT2D eigenvalue weighted by atomic mass is 32.1. The fraction of sp³-hybridized carbons (Fsp3) is 0.375. The van der Waals surface area contributed by atoms with Crippen LogP contribution in [0.5, 0.6) is 17.2 Å². The van der Waals surface area contributed by atoms with Crippen molar-refractivity contribution >= 4 is 33.4 Å². The van der Waals surface area contributed by atoms with Crippen molar-refractivity contribution in [1.82, 2.24) is 15.3 Å². The first-order valence-corrected chi connectivity index (χ1v) is 15.6. The van der Waals surface area contributed by atoms with Gasteiger partial charge in [0, 0.05) is 22.6 Å². The third-order valence-electron chi connectivity index (χ3n) is 9.10. The van der Waals surface area contributed by atoms with E-state index in [2.05, 4.69) is 19.8 Å². The van der Waals surface area contributed by atoms with Crippen molar-refractivity contribution in [3.63, 3.8) is 0 Å². The topological polar surface area (TPSA) is 146 Å². The number of ether oxygens (including phenoxy) is 3. The van der Waals surface area contributed by atoms with Gasteiger partial charge in [-0.3, -0.25) is 9.59 Å². The standard InChI is InChI=1S/C32H28F2N4O6S/c1-30(29(35)40)14-42-26-19(30)12-24(38-25(26)16-5-9-21-22(10-16)44-32(33,34)43-21)31(41,18-6-7-18)13-36-27(39)17-4-8-20-23(11-17)45-28(37-20)15-2-3-15/h4-5,8-12,15,18,41H,2-3,6-7,13-14H2,1H3,(H2,35,40)(H,36,39)/t30-,31+/m0/s1. The number of fused-ring (bicyclic) bond motifs is 3. The number of aromatic nitrogens is 2. The number of hydrogen-bond donors (Lipinski definition) is 3. The number of thiazole rings is 1. The maximum absolute atomic E-state index is 13.8. The number of halogens is 2. The van der Waals surface area contributed by atoms with E-state index < -0.39 is 23.2 Å². The molecule has 13 heteroatoms. The van der Waals surface area contributed by atoms with Crippen LogP contribution in [-0.4, -0.2) is 46.3 Å². The smallest absolute Gasteiger partial charge is 0.489 e. The summed E-state index contributed by atoms with van der Waals surface area (Å²) in [7, 11) is 0. The second kappa shape index (κ2) is 9.57. The van der Waals surface area contributed by atoms with Gasteiger partial charge in [-0.25, -0.2) is 9.97 Å². The van der Waals surface area contributed by atoms with Crippen LogP contribution in [0.3, 0.4) is 0 Å². The maximum atomic E-state index is 13.8. The lowest BCUT2D eigenvalue weighted by atomic mass is 9.81. The van der Waals surface area contributed by atoms with Crippen molar-refractivity contribution in [2.45, 2.75) is 55.8 Å². The summed E-state index contributed by atoms with van der Waals surface area (Å²) in [6.07, 6.45) is -0.144. The first kappa shape index (κ1) is 28.1. The minimum absolute atomic E-state index is 0.0699. The first-order chi connectivity index (χ1) is 21.4. The summed E-state index contributed by atoms with van der Waals surface area (Å²) in [5.41, 5.74) is 5.41. The van der Waals surface area contributed by atoms with E-state index in [1.807, 2.05) is 12.1 Å². The molecule has 8 rings (SSSR count). The Bertz CT molecular complexity index is 1930. The number of aliphatic hydroxyl groups is 1. The first-order valence-electron chi connectivity index (χ1n) is 14.7. The molecule has 2 fully saturated rings. The van der Waals surface area contributed by atoms with Gasteiger partial charge in [0.1, 0.15) is 29.1 Å². The second-order valence-corrected chi connectivity index (χ2v) is 13.5. The van der Waals surface area contributed by atoms with Gasteiger partial charge in [-0.1, -0.05) is 0 Å². The lowest BCUT2D eigenvalue weighted by Gasteiger charge is -2.30. The number of nitrogens with one attached hydrogen (secondary N) is 1.